The first-order valence-electron chi connectivity index (χ1n) is 10.5. The lowest BCUT2D eigenvalue weighted by molar-refractivity contribution is -0.394. The summed E-state index contributed by atoms with van der Waals surface area (Å²) in [4.78, 5) is 33.2. The van der Waals surface area contributed by atoms with Crippen molar-refractivity contribution in [1.29, 1.82) is 0 Å². The van der Waals surface area contributed by atoms with Crippen LogP contribution >= 0.6 is 0 Å². The number of carbonyl (C=O) groups is 1. The number of hydrogen-bond acceptors (Lipinski definition) is 8. The summed E-state index contributed by atoms with van der Waals surface area (Å²) in [5.41, 5.74) is 2.48. The second-order valence-corrected chi connectivity index (χ2v) is 7.44. The van der Waals surface area contributed by atoms with Gasteiger partial charge in [-0.2, -0.15) is 5.10 Å². The van der Waals surface area contributed by atoms with Crippen LogP contribution in [0, 0.1) is 20.2 Å². The number of nitrogens with zero attached hydrogens (tertiary/aromatic N) is 3. The second kappa shape index (κ2) is 10.3. The van der Waals surface area contributed by atoms with Crippen LogP contribution in [-0.2, 0) is 0 Å². The van der Waals surface area contributed by atoms with Crippen LogP contribution in [0.3, 0.4) is 0 Å². The van der Waals surface area contributed by atoms with Crippen molar-refractivity contribution in [2.45, 2.75) is 0 Å². The number of ether oxygens (including phenoxy) is 2. The van der Waals surface area contributed by atoms with E-state index in [9.17, 15) is 25.0 Å². The van der Waals surface area contributed by atoms with E-state index in [1.807, 2.05) is 30.3 Å². The third kappa shape index (κ3) is 5.25. The van der Waals surface area contributed by atoms with E-state index >= 15 is 0 Å². The molecule has 36 heavy (non-hydrogen) atoms. The van der Waals surface area contributed by atoms with E-state index in [1.165, 1.54) is 19.4 Å². The van der Waals surface area contributed by atoms with E-state index in [-0.39, 0.29) is 23.2 Å². The van der Waals surface area contributed by atoms with Crippen molar-refractivity contribution in [2.24, 2.45) is 5.10 Å². The number of methoxy groups -OCH3 is 1. The summed E-state index contributed by atoms with van der Waals surface area (Å²) in [6, 6.07) is 20.7. The lowest BCUT2D eigenvalue weighted by Crippen LogP contribution is -2.17. The van der Waals surface area contributed by atoms with E-state index in [2.05, 4.69) is 10.5 Å². The molecule has 0 aliphatic rings. The largest absolute Gasteiger partial charge is 0.493 e. The molecule has 1 amide bonds. The maximum absolute atomic E-state index is 12.4. The van der Waals surface area contributed by atoms with Gasteiger partial charge in [0.25, 0.3) is 11.6 Å². The summed E-state index contributed by atoms with van der Waals surface area (Å²) in [7, 11) is 1.38. The Kier molecular flexibility index (Phi) is 6.82. The fourth-order valence-electron chi connectivity index (χ4n) is 3.38. The molecule has 0 unspecified atom stereocenters. The van der Waals surface area contributed by atoms with Crippen molar-refractivity contribution < 1.29 is 24.1 Å². The molecule has 11 heteroatoms. The SMILES string of the molecule is COc1cc(C=NNC(=O)c2ccc3ccccc3c2)ccc1Oc1ccc([N+](=O)[O-])cc1[N+](=O)[O-]. The quantitative estimate of drug-likeness (QED) is 0.204. The van der Waals surface area contributed by atoms with Gasteiger partial charge in [-0.15, -0.1) is 0 Å². The number of rotatable bonds is 8. The van der Waals surface area contributed by atoms with Gasteiger partial charge >= 0.3 is 5.69 Å². The molecule has 0 aromatic heterocycles. The van der Waals surface area contributed by atoms with Gasteiger partial charge in [-0.3, -0.25) is 25.0 Å². The van der Waals surface area contributed by atoms with Crippen LogP contribution < -0.4 is 14.9 Å². The molecule has 0 heterocycles. The van der Waals surface area contributed by atoms with Crippen molar-refractivity contribution in [1.82, 2.24) is 5.43 Å². The third-order valence-corrected chi connectivity index (χ3v) is 5.15. The van der Waals surface area contributed by atoms with Crippen LogP contribution in [-0.4, -0.2) is 29.1 Å². The fraction of sp³-hybridized carbons (Fsp3) is 0.0400. The summed E-state index contributed by atoms with van der Waals surface area (Å²) in [5, 5.41) is 28.2. The normalized spacial score (nSPS) is 10.8. The van der Waals surface area contributed by atoms with Gasteiger partial charge in [0.1, 0.15) is 0 Å². The van der Waals surface area contributed by atoms with Gasteiger partial charge in [0.05, 0.1) is 29.2 Å². The molecule has 0 saturated carbocycles. The number of nitrogens with one attached hydrogen (secondary N) is 1. The monoisotopic (exact) mass is 486 g/mol. The zero-order chi connectivity index (χ0) is 25.7. The molecule has 11 nitrogen and oxygen atoms in total. The van der Waals surface area contributed by atoms with Crippen LogP contribution in [0.5, 0.6) is 17.2 Å². The number of amides is 1. The highest BCUT2D eigenvalue weighted by Crippen LogP contribution is 2.38. The minimum atomic E-state index is -0.770. The topological polar surface area (TPSA) is 146 Å². The Labute approximate surface area is 203 Å². The molecule has 0 atom stereocenters. The fourth-order valence-corrected chi connectivity index (χ4v) is 3.38. The Morgan fingerprint density at radius 2 is 1.61 bits per heavy atom. The average Bonchev–Trinajstić information content (AvgIpc) is 2.89. The maximum atomic E-state index is 12.4. The van der Waals surface area contributed by atoms with E-state index in [0.717, 1.165) is 29.0 Å². The summed E-state index contributed by atoms with van der Waals surface area (Å²) in [5.74, 6) is -0.193. The molecule has 1 N–H and O–H groups in total. The van der Waals surface area contributed by atoms with E-state index in [1.54, 1.807) is 24.3 Å². The van der Waals surface area contributed by atoms with E-state index < -0.39 is 21.2 Å². The number of carbonyl (C=O) groups excluding carboxylic acids is 1. The molecule has 0 aliphatic carbocycles. The Balaban J connectivity index is 1.49. The van der Waals surface area contributed by atoms with Gasteiger partial charge in [0.15, 0.2) is 11.5 Å². The predicted molar refractivity (Wildman–Crippen MR) is 132 cm³/mol. The lowest BCUT2D eigenvalue weighted by Gasteiger charge is -2.11. The molecule has 0 spiro atoms. The summed E-state index contributed by atoms with van der Waals surface area (Å²) in [6.45, 7) is 0. The van der Waals surface area contributed by atoms with Crippen molar-refractivity contribution >= 4 is 34.3 Å². The molecular weight excluding hydrogens is 468 g/mol. The summed E-state index contributed by atoms with van der Waals surface area (Å²) in [6.07, 6.45) is 1.40. The number of benzene rings is 4. The first kappa shape index (κ1) is 23.8. The predicted octanol–water partition coefficient (Wildman–Crippen LogP) is 5.22. The maximum Gasteiger partial charge on any atom is 0.318 e. The average molecular weight is 486 g/mol. The highest BCUT2D eigenvalue weighted by molar-refractivity contribution is 5.99. The molecule has 4 aromatic rings. The minimum Gasteiger partial charge on any atom is -0.493 e. The summed E-state index contributed by atoms with van der Waals surface area (Å²) >= 11 is 0. The Morgan fingerprint density at radius 1 is 0.861 bits per heavy atom. The van der Waals surface area contributed by atoms with Crippen molar-refractivity contribution in [3.63, 3.8) is 0 Å². The molecule has 0 radical (unpaired) electrons. The van der Waals surface area contributed by atoms with E-state index in [0.29, 0.717) is 11.1 Å². The van der Waals surface area contributed by atoms with Gasteiger partial charge < -0.3 is 9.47 Å². The third-order valence-electron chi connectivity index (χ3n) is 5.15. The summed E-state index contributed by atoms with van der Waals surface area (Å²) < 4.78 is 10.9. The van der Waals surface area contributed by atoms with Gasteiger partial charge in [0, 0.05) is 11.6 Å². The lowest BCUT2D eigenvalue weighted by atomic mass is 10.1. The highest BCUT2D eigenvalue weighted by atomic mass is 16.6. The highest BCUT2D eigenvalue weighted by Gasteiger charge is 2.22. The molecule has 4 rings (SSSR count). The zero-order valence-electron chi connectivity index (χ0n) is 18.8. The number of nitro groups is 2. The van der Waals surface area contributed by atoms with Crippen molar-refractivity contribution in [2.75, 3.05) is 7.11 Å². The van der Waals surface area contributed by atoms with Gasteiger partial charge in [-0.1, -0.05) is 30.3 Å². The molecule has 0 bridgehead atoms. The van der Waals surface area contributed by atoms with Crippen molar-refractivity contribution in [3.05, 3.63) is 110 Å². The smallest absolute Gasteiger partial charge is 0.318 e. The first-order valence-corrected chi connectivity index (χ1v) is 10.5. The van der Waals surface area contributed by atoms with Crippen LogP contribution in [0.25, 0.3) is 10.8 Å². The molecule has 0 saturated heterocycles. The Bertz CT molecular complexity index is 1520. The molecular formula is C25H18N4O7. The molecule has 0 aliphatic heterocycles. The van der Waals surface area contributed by atoms with Crippen LogP contribution in [0.15, 0.2) is 84.0 Å². The number of hydrazone groups is 1. The standard InChI is InChI=1S/C25H18N4O7/c1-35-24-12-16(15-26-27-25(30)19-8-7-17-4-2-3-5-18(17)13-19)6-10-23(24)36-22-11-9-20(28(31)32)14-21(22)29(33)34/h2-15H,1H3,(H,27,30). The van der Waals surface area contributed by atoms with Gasteiger partial charge in [-0.25, -0.2) is 5.43 Å². The minimum absolute atomic E-state index is 0.145. The van der Waals surface area contributed by atoms with Crippen LogP contribution in [0.4, 0.5) is 11.4 Å². The number of nitro benzene ring substituents is 2. The van der Waals surface area contributed by atoms with Crippen molar-refractivity contribution in [3.8, 4) is 17.2 Å². The molecule has 4 aromatic carbocycles. The second-order valence-electron chi connectivity index (χ2n) is 7.44. The number of fused-ring (bicyclic) bond motifs is 1. The number of non-ortho nitro benzene ring substituents is 1. The van der Waals surface area contributed by atoms with Gasteiger partial charge in [0.2, 0.25) is 5.75 Å². The molecule has 180 valence electrons. The number of hydrogen-bond donors (Lipinski definition) is 1. The Morgan fingerprint density at radius 3 is 2.33 bits per heavy atom. The van der Waals surface area contributed by atoms with Crippen LogP contribution in [0.1, 0.15) is 15.9 Å². The van der Waals surface area contributed by atoms with Gasteiger partial charge in [-0.05, 0) is 52.7 Å². The Hall–Kier alpha value is -5.32. The van der Waals surface area contributed by atoms with Crippen LogP contribution in [0.2, 0.25) is 0 Å². The zero-order valence-corrected chi connectivity index (χ0v) is 18.8. The first-order chi connectivity index (χ1) is 17.4. The van der Waals surface area contributed by atoms with E-state index in [4.69, 9.17) is 9.47 Å². The molecule has 0 fully saturated rings.